The summed E-state index contributed by atoms with van der Waals surface area (Å²) in [6, 6.07) is 7.88. The van der Waals surface area contributed by atoms with Gasteiger partial charge in [-0.2, -0.15) is 0 Å². The number of sulfonamides is 1. The summed E-state index contributed by atoms with van der Waals surface area (Å²) >= 11 is 0. The van der Waals surface area contributed by atoms with E-state index in [4.69, 9.17) is 9.47 Å². The zero-order valence-electron chi connectivity index (χ0n) is 12.5. The van der Waals surface area contributed by atoms with Gasteiger partial charge in [0, 0.05) is 20.3 Å². The molecule has 0 bridgehead atoms. The Balaban J connectivity index is 2.07. The molecule has 0 spiro atoms. The number of nitrogens with one attached hydrogen (secondary N) is 1. The van der Waals surface area contributed by atoms with Gasteiger partial charge in [-0.3, -0.25) is 0 Å². The Morgan fingerprint density at radius 3 is 2.81 bits per heavy atom. The summed E-state index contributed by atoms with van der Waals surface area (Å²) in [7, 11) is -0.386. The second-order valence-corrected chi connectivity index (χ2v) is 7.15. The van der Waals surface area contributed by atoms with Crippen LogP contribution >= 0.6 is 0 Å². The van der Waals surface area contributed by atoms with E-state index < -0.39 is 16.1 Å². The lowest BCUT2D eigenvalue weighted by molar-refractivity contribution is 0.0418. The van der Waals surface area contributed by atoms with Gasteiger partial charge >= 0.3 is 0 Å². The summed E-state index contributed by atoms with van der Waals surface area (Å²) in [6.07, 6.45) is 2.39. The highest BCUT2D eigenvalue weighted by molar-refractivity contribution is 7.89. The molecule has 0 radical (unpaired) electrons. The van der Waals surface area contributed by atoms with Crippen molar-refractivity contribution in [1.29, 1.82) is 0 Å². The first-order chi connectivity index (χ1) is 10.1. The highest BCUT2D eigenvalue weighted by Crippen LogP contribution is 2.30. The van der Waals surface area contributed by atoms with Crippen molar-refractivity contribution in [2.45, 2.75) is 31.4 Å². The molecular weight excluding hydrogens is 290 g/mol. The van der Waals surface area contributed by atoms with Crippen LogP contribution in [0.15, 0.2) is 24.3 Å². The summed E-state index contributed by atoms with van der Waals surface area (Å²) in [6.45, 7) is 0.263. The van der Waals surface area contributed by atoms with Gasteiger partial charge in [0.15, 0.2) is 0 Å². The summed E-state index contributed by atoms with van der Waals surface area (Å²) in [5, 5.41) is 0. The van der Waals surface area contributed by atoms with Gasteiger partial charge in [0.1, 0.15) is 0 Å². The van der Waals surface area contributed by atoms with Crippen LogP contribution in [0.5, 0.6) is 0 Å². The fourth-order valence-electron chi connectivity index (χ4n) is 2.76. The predicted octanol–water partition coefficient (Wildman–Crippen LogP) is 1.64. The van der Waals surface area contributed by atoms with E-state index in [0.29, 0.717) is 0 Å². The minimum absolute atomic E-state index is 0.0873. The standard InChI is InChI=1S/C15H23NO4S/c1-19-10-13(20-2)11-21(17,18)16-15-9-5-7-12-6-3-4-8-14(12)15/h3-4,6,8,13,15-16H,5,7,9-11H2,1-2H3/t13-,15+/m1/s1. The third-order valence-electron chi connectivity index (χ3n) is 3.78. The fourth-order valence-corrected chi connectivity index (χ4v) is 4.25. The van der Waals surface area contributed by atoms with E-state index in [0.717, 1.165) is 24.8 Å². The molecule has 2 atom stereocenters. The van der Waals surface area contributed by atoms with Crippen LogP contribution in [-0.4, -0.2) is 41.1 Å². The van der Waals surface area contributed by atoms with Crippen molar-refractivity contribution in [2.24, 2.45) is 0 Å². The molecule has 118 valence electrons. The summed E-state index contributed by atoms with van der Waals surface area (Å²) < 4.78 is 37.5. The molecule has 1 aromatic rings. The van der Waals surface area contributed by atoms with Crippen molar-refractivity contribution in [3.05, 3.63) is 35.4 Å². The number of fused-ring (bicyclic) bond motifs is 1. The maximum atomic E-state index is 12.3. The van der Waals surface area contributed by atoms with E-state index in [-0.39, 0.29) is 18.4 Å². The molecule has 21 heavy (non-hydrogen) atoms. The Morgan fingerprint density at radius 1 is 1.33 bits per heavy atom. The number of benzene rings is 1. The number of hydrogen-bond donors (Lipinski definition) is 1. The van der Waals surface area contributed by atoms with Crippen LogP contribution < -0.4 is 4.72 Å². The monoisotopic (exact) mass is 313 g/mol. The van der Waals surface area contributed by atoms with Gasteiger partial charge in [0.25, 0.3) is 0 Å². The maximum Gasteiger partial charge on any atom is 0.214 e. The predicted molar refractivity (Wildman–Crippen MR) is 81.7 cm³/mol. The molecular formula is C15H23NO4S. The van der Waals surface area contributed by atoms with Gasteiger partial charge in [-0.25, -0.2) is 13.1 Å². The van der Waals surface area contributed by atoms with Crippen LogP contribution in [0.3, 0.4) is 0 Å². The number of hydrogen-bond acceptors (Lipinski definition) is 4. The Hall–Kier alpha value is -0.950. The number of rotatable bonds is 7. The normalized spacial score (nSPS) is 20.0. The van der Waals surface area contributed by atoms with E-state index >= 15 is 0 Å². The highest BCUT2D eigenvalue weighted by Gasteiger charge is 2.26. The van der Waals surface area contributed by atoms with Crippen molar-refractivity contribution in [1.82, 2.24) is 4.72 Å². The van der Waals surface area contributed by atoms with Gasteiger partial charge < -0.3 is 9.47 Å². The van der Waals surface area contributed by atoms with Crippen molar-refractivity contribution in [2.75, 3.05) is 26.6 Å². The second-order valence-electron chi connectivity index (χ2n) is 5.36. The molecule has 5 nitrogen and oxygen atoms in total. The van der Waals surface area contributed by atoms with Gasteiger partial charge in [-0.05, 0) is 30.4 Å². The molecule has 1 aromatic carbocycles. The third kappa shape index (κ3) is 4.51. The van der Waals surface area contributed by atoms with Crippen LogP contribution in [0.25, 0.3) is 0 Å². The van der Waals surface area contributed by atoms with Crippen LogP contribution in [0.2, 0.25) is 0 Å². The highest BCUT2D eigenvalue weighted by atomic mass is 32.2. The molecule has 2 rings (SSSR count). The van der Waals surface area contributed by atoms with E-state index in [1.54, 1.807) is 0 Å². The Bertz CT molecular complexity index is 559. The lowest BCUT2D eigenvalue weighted by atomic mass is 9.88. The van der Waals surface area contributed by atoms with Gasteiger partial charge in [0.05, 0.1) is 18.5 Å². The second kappa shape index (κ2) is 7.35. The maximum absolute atomic E-state index is 12.3. The lowest BCUT2D eigenvalue weighted by Gasteiger charge is -2.26. The first-order valence-electron chi connectivity index (χ1n) is 7.15. The number of aryl methyl sites for hydroxylation is 1. The van der Waals surface area contributed by atoms with E-state index in [2.05, 4.69) is 10.8 Å². The molecule has 0 saturated heterocycles. The molecule has 1 aliphatic rings. The van der Waals surface area contributed by atoms with Gasteiger partial charge in [0.2, 0.25) is 10.0 Å². The summed E-state index contributed by atoms with van der Waals surface area (Å²) in [4.78, 5) is 0. The van der Waals surface area contributed by atoms with Crippen LogP contribution in [0, 0.1) is 0 Å². The third-order valence-corrected chi connectivity index (χ3v) is 5.24. The summed E-state index contributed by atoms with van der Waals surface area (Å²) in [5.41, 5.74) is 2.32. The van der Waals surface area contributed by atoms with Crippen molar-refractivity contribution in [3.8, 4) is 0 Å². The number of methoxy groups -OCH3 is 2. The largest absolute Gasteiger partial charge is 0.382 e. The average molecular weight is 313 g/mol. The Kier molecular flexibility index (Phi) is 5.75. The minimum Gasteiger partial charge on any atom is -0.382 e. The molecule has 0 fully saturated rings. The Labute approximate surface area is 126 Å². The quantitative estimate of drug-likeness (QED) is 0.831. The van der Waals surface area contributed by atoms with E-state index in [9.17, 15) is 8.42 Å². The van der Waals surface area contributed by atoms with Crippen LogP contribution in [-0.2, 0) is 25.9 Å². The molecule has 0 unspecified atom stereocenters. The van der Waals surface area contributed by atoms with Crippen LogP contribution in [0.1, 0.15) is 30.0 Å². The van der Waals surface area contributed by atoms with Crippen molar-refractivity contribution >= 4 is 10.0 Å². The minimum atomic E-state index is -3.41. The smallest absolute Gasteiger partial charge is 0.214 e. The first kappa shape index (κ1) is 16.4. The SMILES string of the molecule is COC[C@H](CS(=O)(=O)N[C@H]1CCCc2ccccc21)OC. The average Bonchev–Trinajstić information content (AvgIpc) is 2.46. The van der Waals surface area contributed by atoms with Crippen molar-refractivity contribution < 1.29 is 17.9 Å². The molecule has 6 heteroatoms. The molecule has 0 heterocycles. The Morgan fingerprint density at radius 2 is 2.10 bits per heavy atom. The molecule has 0 aliphatic heterocycles. The first-order valence-corrected chi connectivity index (χ1v) is 8.80. The topological polar surface area (TPSA) is 64.6 Å². The lowest BCUT2D eigenvalue weighted by Crippen LogP contribution is -2.38. The number of ether oxygens (including phenoxy) is 2. The van der Waals surface area contributed by atoms with Gasteiger partial charge in [-0.1, -0.05) is 24.3 Å². The zero-order valence-corrected chi connectivity index (χ0v) is 13.4. The molecule has 0 aromatic heterocycles. The van der Waals surface area contributed by atoms with Gasteiger partial charge in [-0.15, -0.1) is 0 Å². The fraction of sp³-hybridized carbons (Fsp3) is 0.600. The van der Waals surface area contributed by atoms with Crippen LogP contribution in [0.4, 0.5) is 0 Å². The summed E-state index contributed by atoms with van der Waals surface area (Å²) in [5.74, 6) is -0.0873. The zero-order chi connectivity index (χ0) is 15.3. The molecule has 1 aliphatic carbocycles. The van der Waals surface area contributed by atoms with E-state index in [1.165, 1.54) is 19.8 Å². The van der Waals surface area contributed by atoms with E-state index in [1.807, 2.05) is 18.2 Å². The molecule has 0 amide bonds. The van der Waals surface area contributed by atoms with Crippen molar-refractivity contribution in [3.63, 3.8) is 0 Å². The molecule has 1 N–H and O–H groups in total. The molecule has 0 saturated carbocycles.